The highest BCUT2D eigenvalue weighted by molar-refractivity contribution is 5.85. The van der Waals surface area contributed by atoms with Crippen LogP contribution in [0.1, 0.15) is 18.9 Å². The van der Waals surface area contributed by atoms with Crippen molar-refractivity contribution in [3.05, 3.63) is 72.4 Å². The van der Waals surface area contributed by atoms with Crippen LogP contribution in [0.5, 0.6) is 5.75 Å². The molecule has 2 aromatic carbocycles. The summed E-state index contributed by atoms with van der Waals surface area (Å²) in [4.78, 5) is 16.4. The van der Waals surface area contributed by atoms with Gasteiger partial charge in [-0.3, -0.25) is 9.78 Å². The lowest BCUT2D eigenvalue weighted by molar-refractivity contribution is -0.123. The van der Waals surface area contributed by atoms with Crippen LogP contribution in [0, 0.1) is 0 Å². The van der Waals surface area contributed by atoms with E-state index in [9.17, 15) is 4.79 Å². The number of nitrogens with one attached hydrogen (secondary N) is 1. The fraction of sp³-hybridized carbons (Fsp3) is 0.238. The molecule has 0 bridgehead atoms. The molecule has 1 amide bonds. The Bertz CT molecular complexity index is 828. The summed E-state index contributed by atoms with van der Waals surface area (Å²) >= 11 is 0. The van der Waals surface area contributed by atoms with Gasteiger partial charge in [-0.15, -0.1) is 0 Å². The van der Waals surface area contributed by atoms with Gasteiger partial charge < -0.3 is 10.1 Å². The summed E-state index contributed by atoms with van der Waals surface area (Å²) in [5, 5.41) is 3.98. The Kier molecular flexibility index (Phi) is 5.62. The van der Waals surface area contributed by atoms with Crippen molar-refractivity contribution in [2.75, 3.05) is 6.61 Å². The zero-order valence-electron chi connectivity index (χ0n) is 14.3. The molecule has 0 fully saturated rings. The second-order valence-corrected chi connectivity index (χ2v) is 6.11. The van der Waals surface area contributed by atoms with Gasteiger partial charge in [-0.2, -0.15) is 0 Å². The van der Waals surface area contributed by atoms with E-state index in [4.69, 9.17) is 4.74 Å². The maximum absolute atomic E-state index is 12.1. The number of carbonyl (C=O) groups is 1. The summed E-state index contributed by atoms with van der Waals surface area (Å²) in [6.07, 6.45) is 3.56. The molecule has 25 heavy (non-hydrogen) atoms. The van der Waals surface area contributed by atoms with Gasteiger partial charge in [-0.25, -0.2) is 0 Å². The first-order valence-corrected chi connectivity index (χ1v) is 8.52. The molecular formula is C21H22N2O2. The minimum Gasteiger partial charge on any atom is -0.481 e. The summed E-state index contributed by atoms with van der Waals surface area (Å²) in [6.45, 7) is 2.01. The first kappa shape index (κ1) is 17.0. The first-order valence-electron chi connectivity index (χ1n) is 8.52. The number of rotatable bonds is 7. The SMILES string of the molecule is C[C@H](CCc1ccccc1)NC(=O)COc1cccc2cccnc12. The van der Waals surface area contributed by atoms with Crippen LogP contribution in [-0.2, 0) is 11.2 Å². The van der Waals surface area contributed by atoms with Crippen LogP contribution < -0.4 is 10.1 Å². The third-order valence-corrected chi connectivity index (χ3v) is 4.07. The molecule has 0 unspecified atom stereocenters. The zero-order chi connectivity index (χ0) is 17.5. The fourth-order valence-corrected chi connectivity index (χ4v) is 2.75. The maximum atomic E-state index is 12.1. The minimum atomic E-state index is -0.117. The van der Waals surface area contributed by atoms with Crippen molar-refractivity contribution in [3.8, 4) is 5.75 Å². The van der Waals surface area contributed by atoms with Crippen molar-refractivity contribution in [2.45, 2.75) is 25.8 Å². The van der Waals surface area contributed by atoms with Crippen molar-refractivity contribution in [2.24, 2.45) is 0 Å². The van der Waals surface area contributed by atoms with E-state index in [-0.39, 0.29) is 18.6 Å². The molecule has 0 saturated heterocycles. The van der Waals surface area contributed by atoms with E-state index in [1.54, 1.807) is 6.20 Å². The molecule has 0 saturated carbocycles. The van der Waals surface area contributed by atoms with E-state index < -0.39 is 0 Å². The molecular weight excluding hydrogens is 312 g/mol. The van der Waals surface area contributed by atoms with Gasteiger partial charge >= 0.3 is 0 Å². The van der Waals surface area contributed by atoms with Crippen molar-refractivity contribution in [3.63, 3.8) is 0 Å². The number of hydrogen-bond acceptors (Lipinski definition) is 3. The van der Waals surface area contributed by atoms with Crippen LogP contribution in [0.4, 0.5) is 0 Å². The summed E-state index contributed by atoms with van der Waals surface area (Å²) in [6, 6.07) is 19.9. The summed E-state index contributed by atoms with van der Waals surface area (Å²) in [5.74, 6) is 0.513. The number of fused-ring (bicyclic) bond motifs is 1. The van der Waals surface area contributed by atoms with E-state index in [0.29, 0.717) is 5.75 Å². The second-order valence-electron chi connectivity index (χ2n) is 6.11. The Morgan fingerprint density at radius 1 is 1.08 bits per heavy atom. The molecule has 4 heteroatoms. The highest BCUT2D eigenvalue weighted by Crippen LogP contribution is 2.22. The largest absolute Gasteiger partial charge is 0.481 e. The number of aromatic nitrogens is 1. The summed E-state index contributed by atoms with van der Waals surface area (Å²) in [5.41, 5.74) is 2.05. The number of nitrogens with zero attached hydrogens (tertiary/aromatic N) is 1. The van der Waals surface area contributed by atoms with E-state index in [0.717, 1.165) is 23.7 Å². The Labute approximate surface area is 147 Å². The Balaban J connectivity index is 1.49. The number of amides is 1. The first-order chi connectivity index (χ1) is 12.2. The smallest absolute Gasteiger partial charge is 0.258 e. The average Bonchev–Trinajstić information content (AvgIpc) is 2.65. The highest BCUT2D eigenvalue weighted by atomic mass is 16.5. The highest BCUT2D eigenvalue weighted by Gasteiger charge is 2.10. The number of para-hydroxylation sites is 1. The molecule has 1 aromatic heterocycles. The molecule has 128 valence electrons. The Hall–Kier alpha value is -2.88. The molecule has 1 heterocycles. The van der Waals surface area contributed by atoms with Crippen LogP contribution in [0.3, 0.4) is 0 Å². The molecule has 0 radical (unpaired) electrons. The molecule has 1 atom stereocenters. The third-order valence-electron chi connectivity index (χ3n) is 4.07. The zero-order valence-corrected chi connectivity index (χ0v) is 14.3. The lowest BCUT2D eigenvalue weighted by Crippen LogP contribution is -2.36. The standard InChI is InChI=1S/C21H22N2O2/c1-16(12-13-17-7-3-2-4-8-17)23-20(24)15-25-19-11-5-9-18-10-6-14-22-21(18)19/h2-11,14,16H,12-13,15H2,1H3,(H,23,24)/t16-/m1/s1. The maximum Gasteiger partial charge on any atom is 0.258 e. The molecule has 1 N–H and O–H groups in total. The van der Waals surface area contributed by atoms with Gasteiger partial charge in [-0.1, -0.05) is 48.5 Å². The number of ether oxygens (including phenoxy) is 1. The lowest BCUT2D eigenvalue weighted by Gasteiger charge is -2.14. The predicted octanol–water partition coefficient (Wildman–Crippen LogP) is 3.75. The van der Waals surface area contributed by atoms with Crippen LogP contribution in [0.2, 0.25) is 0 Å². The molecule has 0 aliphatic heterocycles. The van der Waals surface area contributed by atoms with Gasteiger partial charge in [0.05, 0.1) is 0 Å². The van der Waals surface area contributed by atoms with E-state index >= 15 is 0 Å². The number of benzene rings is 2. The third kappa shape index (κ3) is 4.80. The van der Waals surface area contributed by atoms with Crippen molar-refractivity contribution in [1.29, 1.82) is 0 Å². The van der Waals surface area contributed by atoms with Crippen LogP contribution in [0.25, 0.3) is 10.9 Å². The van der Waals surface area contributed by atoms with E-state index in [1.807, 2.05) is 55.5 Å². The fourth-order valence-electron chi connectivity index (χ4n) is 2.75. The molecule has 3 rings (SSSR count). The topological polar surface area (TPSA) is 51.2 Å². The normalized spacial score (nSPS) is 11.9. The predicted molar refractivity (Wildman–Crippen MR) is 99.6 cm³/mol. The van der Waals surface area contributed by atoms with Gasteiger partial charge in [0.1, 0.15) is 11.3 Å². The summed E-state index contributed by atoms with van der Waals surface area (Å²) in [7, 11) is 0. The van der Waals surface area contributed by atoms with E-state index in [2.05, 4.69) is 22.4 Å². The number of aryl methyl sites for hydroxylation is 1. The Morgan fingerprint density at radius 2 is 1.88 bits per heavy atom. The van der Waals surface area contributed by atoms with Gasteiger partial charge in [-0.05, 0) is 37.5 Å². The quantitative estimate of drug-likeness (QED) is 0.716. The monoisotopic (exact) mass is 334 g/mol. The van der Waals surface area contributed by atoms with Gasteiger partial charge in [0, 0.05) is 17.6 Å². The molecule has 0 aliphatic rings. The number of carbonyl (C=O) groups excluding carboxylic acids is 1. The lowest BCUT2D eigenvalue weighted by atomic mass is 10.1. The van der Waals surface area contributed by atoms with Crippen molar-refractivity contribution < 1.29 is 9.53 Å². The minimum absolute atomic E-state index is 0.00857. The second kappa shape index (κ2) is 8.29. The van der Waals surface area contributed by atoms with E-state index in [1.165, 1.54) is 5.56 Å². The molecule has 3 aromatic rings. The number of hydrogen-bond donors (Lipinski definition) is 1. The Morgan fingerprint density at radius 3 is 2.72 bits per heavy atom. The number of pyridine rings is 1. The van der Waals surface area contributed by atoms with Crippen molar-refractivity contribution in [1.82, 2.24) is 10.3 Å². The van der Waals surface area contributed by atoms with Gasteiger partial charge in [0.15, 0.2) is 6.61 Å². The van der Waals surface area contributed by atoms with Gasteiger partial charge in [0.2, 0.25) is 0 Å². The average molecular weight is 334 g/mol. The van der Waals surface area contributed by atoms with Crippen LogP contribution in [0.15, 0.2) is 66.9 Å². The molecule has 4 nitrogen and oxygen atoms in total. The van der Waals surface area contributed by atoms with Crippen LogP contribution >= 0.6 is 0 Å². The molecule has 0 spiro atoms. The summed E-state index contributed by atoms with van der Waals surface area (Å²) < 4.78 is 5.67. The van der Waals surface area contributed by atoms with Gasteiger partial charge in [0.25, 0.3) is 5.91 Å². The molecule has 0 aliphatic carbocycles. The van der Waals surface area contributed by atoms with Crippen molar-refractivity contribution >= 4 is 16.8 Å². The van der Waals surface area contributed by atoms with Crippen LogP contribution in [-0.4, -0.2) is 23.5 Å².